The summed E-state index contributed by atoms with van der Waals surface area (Å²) in [6.07, 6.45) is -4.62. The Labute approximate surface area is 187 Å². The molecule has 0 N–H and O–H groups in total. The van der Waals surface area contributed by atoms with Crippen LogP contribution in [0.2, 0.25) is 10.0 Å². The molecule has 0 radical (unpaired) electrons. The third-order valence-electron chi connectivity index (χ3n) is 4.30. The Morgan fingerprint density at radius 1 is 0.903 bits per heavy atom. The summed E-state index contributed by atoms with van der Waals surface area (Å²) in [6.45, 7) is 1.83. The Morgan fingerprint density at radius 3 is 2.00 bits per heavy atom. The highest BCUT2D eigenvalue weighted by molar-refractivity contribution is 7.91. The molecule has 0 amide bonds. The summed E-state index contributed by atoms with van der Waals surface area (Å²) < 4.78 is 75.3. The van der Waals surface area contributed by atoms with Crippen LogP contribution in [-0.4, -0.2) is 15.5 Å². The fraction of sp³-hybridized carbons (Fsp3) is 0.143. The van der Waals surface area contributed by atoms with Crippen molar-refractivity contribution in [3.8, 4) is 17.2 Å². The number of methoxy groups -OCH3 is 1. The van der Waals surface area contributed by atoms with Gasteiger partial charge in [0.15, 0.2) is 5.75 Å². The zero-order valence-electron chi connectivity index (χ0n) is 16.1. The first-order valence-corrected chi connectivity index (χ1v) is 10.9. The topological polar surface area (TPSA) is 52.6 Å². The SMILES string of the molecule is COc1cc(Oc2c(Cl)cc(C(F)(F)F)cc2Cl)ccc1S(=O)(=O)c1ccc(C)cc1. The second-order valence-corrected chi connectivity index (χ2v) is 9.23. The van der Waals surface area contributed by atoms with Crippen molar-refractivity contribution in [3.63, 3.8) is 0 Å². The van der Waals surface area contributed by atoms with Crippen LogP contribution >= 0.6 is 23.2 Å². The van der Waals surface area contributed by atoms with Gasteiger partial charge in [-0.2, -0.15) is 13.2 Å². The van der Waals surface area contributed by atoms with Gasteiger partial charge in [0.25, 0.3) is 0 Å². The van der Waals surface area contributed by atoms with Crippen LogP contribution in [0.3, 0.4) is 0 Å². The summed E-state index contributed by atoms with van der Waals surface area (Å²) in [5.41, 5.74) is -0.119. The number of halogens is 5. The number of rotatable bonds is 5. The minimum atomic E-state index is -4.62. The lowest BCUT2D eigenvalue weighted by atomic mass is 10.2. The van der Waals surface area contributed by atoms with E-state index < -0.39 is 21.6 Å². The van der Waals surface area contributed by atoms with E-state index in [-0.39, 0.29) is 37.1 Å². The van der Waals surface area contributed by atoms with Crippen LogP contribution in [0, 0.1) is 6.92 Å². The lowest BCUT2D eigenvalue weighted by Gasteiger charge is -2.15. The first kappa shape index (κ1) is 23.2. The van der Waals surface area contributed by atoms with Gasteiger partial charge in [-0.05, 0) is 43.3 Å². The number of benzene rings is 3. The molecule has 0 bridgehead atoms. The van der Waals surface area contributed by atoms with Crippen LogP contribution in [0.15, 0.2) is 64.4 Å². The lowest BCUT2D eigenvalue weighted by Crippen LogP contribution is -2.05. The highest BCUT2D eigenvalue weighted by atomic mass is 35.5. The molecule has 0 spiro atoms. The summed E-state index contributed by atoms with van der Waals surface area (Å²) in [4.78, 5) is -0.0188. The summed E-state index contributed by atoms with van der Waals surface area (Å²) in [5, 5.41) is -0.703. The van der Waals surface area contributed by atoms with E-state index in [1.807, 2.05) is 6.92 Å². The number of hydrogen-bond donors (Lipinski definition) is 0. The van der Waals surface area contributed by atoms with E-state index in [4.69, 9.17) is 32.7 Å². The van der Waals surface area contributed by atoms with E-state index in [1.54, 1.807) is 12.1 Å². The third-order valence-corrected chi connectivity index (χ3v) is 6.67. The molecule has 0 heterocycles. The van der Waals surface area contributed by atoms with Crippen LogP contribution < -0.4 is 9.47 Å². The first-order chi connectivity index (χ1) is 14.4. The largest absolute Gasteiger partial charge is 0.495 e. The monoisotopic (exact) mass is 490 g/mol. The number of sulfone groups is 1. The van der Waals surface area contributed by atoms with E-state index >= 15 is 0 Å². The second-order valence-electron chi connectivity index (χ2n) is 6.50. The Balaban J connectivity index is 1.98. The van der Waals surface area contributed by atoms with Gasteiger partial charge in [0.2, 0.25) is 9.84 Å². The third kappa shape index (κ3) is 4.92. The van der Waals surface area contributed by atoms with Gasteiger partial charge in [0.1, 0.15) is 16.4 Å². The number of aryl methyl sites for hydroxylation is 1. The van der Waals surface area contributed by atoms with Crippen LogP contribution in [0.4, 0.5) is 13.2 Å². The molecule has 0 fully saturated rings. The minimum Gasteiger partial charge on any atom is -0.495 e. The van der Waals surface area contributed by atoms with Gasteiger partial charge in [-0.25, -0.2) is 8.42 Å². The van der Waals surface area contributed by atoms with Crippen LogP contribution in [0.1, 0.15) is 11.1 Å². The molecule has 0 aliphatic heterocycles. The number of hydrogen-bond acceptors (Lipinski definition) is 4. The van der Waals surface area contributed by atoms with Crippen molar-refractivity contribution >= 4 is 33.0 Å². The van der Waals surface area contributed by atoms with Gasteiger partial charge < -0.3 is 9.47 Å². The molecule has 0 saturated heterocycles. The fourth-order valence-corrected chi connectivity index (χ4v) is 4.68. The molecule has 3 aromatic rings. The standard InChI is InChI=1S/C21H15Cl2F3O4S/c1-12-3-6-15(7-4-12)31(27,28)19-8-5-14(11-18(19)29-2)30-20-16(22)9-13(10-17(20)23)21(24,25)26/h3-11H,1-2H3. The van der Waals surface area contributed by atoms with Crippen molar-refractivity contribution in [1.82, 2.24) is 0 Å². The maximum atomic E-state index is 13.0. The van der Waals surface area contributed by atoms with Gasteiger partial charge in [-0.1, -0.05) is 40.9 Å². The van der Waals surface area contributed by atoms with Crippen molar-refractivity contribution in [2.24, 2.45) is 0 Å². The maximum Gasteiger partial charge on any atom is 0.416 e. The molecule has 0 aromatic heterocycles. The predicted octanol–water partition coefficient (Wildman–Crippen LogP) is 6.95. The van der Waals surface area contributed by atoms with Gasteiger partial charge in [-0.3, -0.25) is 0 Å². The van der Waals surface area contributed by atoms with Crippen LogP contribution in [0.25, 0.3) is 0 Å². The molecule has 10 heteroatoms. The molecule has 0 atom stereocenters. The molecule has 31 heavy (non-hydrogen) atoms. The molecule has 0 saturated carbocycles. The van der Waals surface area contributed by atoms with Gasteiger partial charge in [0, 0.05) is 6.07 Å². The first-order valence-electron chi connectivity index (χ1n) is 8.67. The zero-order chi connectivity index (χ0) is 23.0. The van der Waals surface area contributed by atoms with E-state index in [1.165, 1.54) is 37.4 Å². The van der Waals surface area contributed by atoms with Gasteiger partial charge >= 0.3 is 6.18 Å². The molecule has 4 nitrogen and oxygen atoms in total. The van der Waals surface area contributed by atoms with Crippen LogP contribution in [0.5, 0.6) is 17.2 Å². The van der Waals surface area contributed by atoms with Crippen molar-refractivity contribution in [1.29, 1.82) is 0 Å². The summed E-state index contributed by atoms with van der Waals surface area (Å²) in [6, 6.07) is 11.6. The van der Waals surface area contributed by atoms with Crippen molar-refractivity contribution in [2.75, 3.05) is 7.11 Å². The molecule has 3 rings (SSSR count). The molecule has 3 aromatic carbocycles. The van der Waals surface area contributed by atoms with Crippen molar-refractivity contribution in [2.45, 2.75) is 22.9 Å². The summed E-state index contributed by atoms with van der Waals surface area (Å²) >= 11 is 11.8. The van der Waals surface area contributed by atoms with Crippen molar-refractivity contribution in [3.05, 3.63) is 75.8 Å². The van der Waals surface area contributed by atoms with Gasteiger partial charge in [0.05, 0.1) is 27.6 Å². The fourth-order valence-electron chi connectivity index (χ4n) is 2.72. The molecular weight excluding hydrogens is 476 g/mol. The Bertz CT molecular complexity index is 1200. The Kier molecular flexibility index (Phi) is 6.45. The van der Waals surface area contributed by atoms with Crippen LogP contribution in [-0.2, 0) is 16.0 Å². The maximum absolute atomic E-state index is 13.0. The molecule has 0 unspecified atom stereocenters. The van der Waals surface area contributed by atoms with Crippen molar-refractivity contribution < 1.29 is 31.1 Å². The normalized spacial score (nSPS) is 12.0. The smallest absolute Gasteiger partial charge is 0.416 e. The molecule has 0 aliphatic rings. The van der Waals surface area contributed by atoms with E-state index in [2.05, 4.69) is 0 Å². The number of alkyl halides is 3. The average Bonchev–Trinajstić information content (AvgIpc) is 2.70. The Morgan fingerprint density at radius 2 is 1.48 bits per heavy atom. The van der Waals surface area contributed by atoms with E-state index in [9.17, 15) is 21.6 Å². The Hall–Kier alpha value is -2.42. The number of ether oxygens (including phenoxy) is 2. The van der Waals surface area contributed by atoms with Gasteiger partial charge in [-0.15, -0.1) is 0 Å². The lowest BCUT2D eigenvalue weighted by molar-refractivity contribution is -0.137. The predicted molar refractivity (Wildman–Crippen MR) is 111 cm³/mol. The molecular formula is C21H15Cl2F3O4S. The quantitative estimate of drug-likeness (QED) is 0.388. The average molecular weight is 491 g/mol. The molecule has 164 valence electrons. The second kappa shape index (κ2) is 8.61. The zero-order valence-corrected chi connectivity index (χ0v) is 18.5. The van der Waals surface area contributed by atoms with E-state index in [0.717, 1.165) is 5.56 Å². The van der Waals surface area contributed by atoms with E-state index in [0.29, 0.717) is 12.1 Å². The summed E-state index contributed by atoms with van der Waals surface area (Å²) in [7, 11) is -2.60. The summed E-state index contributed by atoms with van der Waals surface area (Å²) in [5.74, 6) is -0.145. The highest BCUT2D eigenvalue weighted by Crippen LogP contribution is 2.42. The minimum absolute atomic E-state index is 0.0165. The highest BCUT2D eigenvalue weighted by Gasteiger charge is 2.32. The molecule has 0 aliphatic carbocycles.